The van der Waals surface area contributed by atoms with E-state index in [-0.39, 0.29) is 11.6 Å². The molecule has 5 nitrogen and oxygen atoms in total. The van der Waals surface area contributed by atoms with E-state index in [2.05, 4.69) is 5.32 Å². The normalized spacial score (nSPS) is 11.6. The molecule has 0 spiro atoms. The molecule has 7 heteroatoms. The molecule has 0 aliphatic carbocycles. The molecule has 1 aromatic heterocycles. The van der Waals surface area contributed by atoms with E-state index in [0.29, 0.717) is 16.1 Å². The maximum Gasteiger partial charge on any atom is 0.349 e. The first kappa shape index (κ1) is 20.4. The first-order valence-electron chi connectivity index (χ1n) is 8.82. The standard InChI is InChI=1S/C22H18FNO4S/c1-13(25)16-4-3-5-18(12-16)24-21(26)14(2)28-22(27)20-11-10-19(29-20)15-6-8-17(23)9-7-15/h3-12,14H,1-2H3,(H,24,26). The van der Waals surface area contributed by atoms with Crippen molar-refractivity contribution in [2.45, 2.75) is 20.0 Å². The summed E-state index contributed by atoms with van der Waals surface area (Å²) in [6.45, 7) is 2.91. The number of halogens is 1. The van der Waals surface area contributed by atoms with Gasteiger partial charge in [-0.2, -0.15) is 0 Å². The minimum Gasteiger partial charge on any atom is -0.448 e. The Balaban J connectivity index is 1.63. The van der Waals surface area contributed by atoms with Crippen molar-refractivity contribution in [3.05, 3.63) is 76.9 Å². The van der Waals surface area contributed by atoms with Crippen LogP contribution in [0.5, 0.6) is 0 Å². The quantitative estimate of drug-likeness (QED) is 0.461. The summed E-state index contributed by atoms with van der Waals surface area (Å²) >= 11 is 1.20. The highest BCUT2D eigenvalue weighted by molar-refractivity contribution is 7.17. The first-order chi connectivity index (χ1) is 13.8. The Morgan fingerprint density at radius 3 is 2.45 bits per heavy atom. The highest BCUT2D eigenvalue weighted by atomic mass is 32.1. The van der Waals surface area contributed by atoms with Crippen molar-refractivity contribution >= 4 is 34.7 Å². The van der Waals surface area contributed by atoms with E-state index in [1.165, 1.54) is 37.3 Å². The van der Waals surface area contributed by atoms with Crippen LogP contribution in [0.1, 0.15) is 33.9 Å². The van der Waals surface area contributed by atoms with Crippen molar-refractivity contribution in [2.24, 2.45) is 0 Å². The van der Waals surface area contributed by atoms with Crippen molar-refractivity contribution in [1.82, 2.24) is 0 Å². The third-order valence-corrected chi connectivity index (χ3v) is 5.24. The van der Waals surface area contributed by atoms with Gasteiger partial charge in [0.05, 0.1) is 0 Å². The van der Waals surface area contributed by atoms with E-state index < -0.39 is 18.0 Å². The molecule has 1 amide bonds. The maximum atomic E-state index is 13.0. The summed E-state index contributed by atoms with van der Waals surface area (Å²) in [4.78, 5) is 37.2. The van der Waals surface area contributed by atoms with Crippen LogP contribution < -0.4 is 5.32 Å². The Kier molecular flexibility index (Phi) is 6.19. The third kappa shape index (κ3) is 5.14. The van der Waals surface area contributed by atoms with Crippen LogP contribution in [0.15, 0.2) is 60.7 Å². The van der Waals surface area contributed by atoms with Gasteiger partial charge in [0.1, 0.15) is 10.7 Å². The number of Topliss-reactive ketones (excluding diaryl/α,β-unsaturated/α-hetero) is 1. The van der Waals surface area contributed by atoms with Crippen molar-refractivity contribution in [3.63, 3.8) is 0 Å². The summed E-state index contributed by atoms with van der Waals surface area (Å²) in [5.41, 5.74) is 1.70. The summed E-state index contributed by atoms with van der Waals surface area (Å²) in [5, 5.41) is 2.63. The zero-order valence-corrected chi connectivity index (χ0v) is 16.6. The van der Waals surface area contributed by atoms with Gasteiger partial charge in [-0.1, -0.05) is 24.3 Å². The van der Waals surface area contributed by atoms with Gasteiger partial charge in [-0.3, -0.25) is 9.59 Å². The molecule has 0 saturated heterocycles. The number of benzene rings is 2. The van der Waals surface area contributed by atoms with Crippen LogP contribution in [-0.2, 0) is 9.53 Å². The summed E-state index contributed by atoms with van der Waals surface area (Å²) in [6, 6.07) is 15.8. The number of hydrogen-bond acceptors (Lipinski definition) is 5. The number of ether oxygens (including phenoxy) is 1. The molecule has 29 heavy (non-hydrogen) atoms. The van der Waals surface area contributed by atoms with Gasteiger partial charge >= 0.3 is 5.97 Å². The molecule has 0 saturated carbocycles. The van der Waals surface area contributed by atoms with Crippen LogP contribution in [0, 0.1) is 5.82 Å². The Morgan fingerprint density at radius 2 is 1.76 bits per heavy atom. The maximum absolute atomic E-state index is 13.0. The van der Waals surface area contributed by atoms with Gasteiger partial charge in [-0.25, -0.2) is 9.18 Å². The van der Waals surface area contributed by atoms with Crippen molar-refractivity contribution in [1.29, 1.82) is 0 Å². The van der Waals surface area contributed by atoms with E-state index in [4.69, 9.17) is 4.74 Å². The number of esters is 1. The Morgan fingerprint density at radius 1 is 1.03 bits per heavy atom. The predicted octanol–water partition coefficient (Wildman–Crippen LogP) is 4.94. The average Bonchev–Trinajstić information content (AvgIpc) is 3.19. The number of hydrogen-bond donors (Lipinski definition) is 1. The number of amides is 1. The van der Waals surface area contributed by atoms with Gasteiger partial charge in [-0.15, -0.1) is 11.3 Å². The lowest BCUT2D eigenvalue weighted by Gasteiger charge is -2.13. The predicted molar refractivity (Wildman–Crippen MR) is 110 cm³/mol. The SMILES string of the molecule is CC(=O)c1cccc(NC(=O)C(C)OC(=O)c2ccc(-c3ccc(F)cc3)s2)c1. The number of rotatable bonds is 6. The molecule has 3 aromatic rings. The Labute approximate surface area is 171 Å². The van der Waals surface area contributed by atoms with Gasteiger partial charge in [-0.05, 0) is 55.8 Å². The molecule has 148 valence electrons. The number of nitrogens with one attached hydrogen (secondary N) is 1. The number of anilines is 1. The second-order valence-corrected chi connectivity index (χ2v) is 7.43. The van der Waals surface area contributed by atoms with Gasteiger partial charge in [0.2, 0.25) is 0 Å². The van der Waals surface area contributed by atoms with Crippen LogP contribution >= 0.6 is 11.3 Å². The largest absolute Gasteiger partial charge is 0.448 e. The minimum atomic E-state index is -1.03. The lowest BCUT2D eigenvalue weighted by Crippen LogP contribution is -2.29. The smallest absolute Gasteiger partial charge is 0.349 e. The van der Waals surface area contributed by atoms with E-state index in [0.717, 1.165) is 10.4 Å². The lowest BCUT2D eigenvalue weighted by molar-refractivity contribution is -0.123. The number of thiophene rings is 1. The molecule has 1 N–H and O–H groups in total. The van der Waals surface area contributed by atoms with Gasteiger partial charge in [0.15, 0.2) is 11.9 Å². The van der Waals surface area contributed by atoms with Gasteiger partial charge < -0.3 is 10.1 Å². The van der Waals surface area contributed by atoms with Crippen LogP contribution in [0.2, 0.25) is 0 Å². The topological polar surface area (TPSA) is 72.5 Å². The summed E-state index contributed by atoms with van der Waals surface area (Å²) in [6.07, 6.45) is -1.03. The molecule has 0 radical (unpaired) electrons. The van der Waals surface area contributed by atoms with Crippen molar-refractivity contribution in [3.8, 4) is 10.4 Å². The van der Waals surface area contributed by atoms with Gasteiger partial charge in [0.25, 0.3) is 5.91 Å². The zero-order chi connectivity index (χ0) is 21.0. The molecule has 1 atom stereocenters. The Bertz CT molecular complexity index is 1060. The first-order valence-corrected chi connectivity index (χ1v) is 9.64. The van der Waals surface area contributed by atoms with E-state index >= 15 is 0 Å². The fourth-order valence-electron chi connectivity index (χ4n) is 2.55. The number of carbonyl (C=O) groups is 3. The molecule has 1 unspecified atom stereocenters. The zero-order valence-electron chi connectivity index (χ0n) is 15.8. The molecule has 0 bridgehead atoms. The van der Waals surface area contributed by atoms with E-state index in [9.17, 15) is 18.8 Å². The molecular formula is C22H18FNO4S. The highest BCUT2D eigenvalue weighted by Crippen LogP contribution is 2.29. The molecule has 0 aliphatic heterocycles. The fraction of sp³-hybridized carbons (Fsp3) is 0.136. The molecule has 0 aliphatic rings. The Hall–Kier alpha value is -3.32. The lowest BCUT2D eigenvalue weighted by atomic mass is 10.1. The summed E-state index contributed by atoms with van der Waals surface area (Å²) in [5.74, 6) is -1.58. The van der Waals surface area contributed by atoms with Crippen molar-refractivity contribution < 1.29 is 23.5 Å². The number of carbonyl (C=O) groups excluding carboxylic acids is 3. The minimum absolute atomic E-state index is 0.116. The second-order valence-electron chi connectivity index (χ2n) is 6.34. The summed E-state index contributed by atoms with van der Waals surface area (Å²) in [7, 11) is 0. The molecular weight excluding hydrogens is 393 g/mol. The molecule has 0 fully saturated rings. The fourth-order valence-corrected chi connectivity index (χ4v) is 3.44. The van der Waals surface area contributed by atoms with Crippen LogP contribution in [0.25, 0.3) is 10.4 Å². The van der Waals surface area contributed by atoms with Crippen LogP contribution in [0.4, 0.5) is 10.1 Å². The van der Waals surface area contributed by atoms with Gasteiger partial charge in [0, 0.05) is 16.1 Å². The van der Waals surface area contributed by atoms with Crippen molar-refractivity contribution in [2.75, 3.05) is 5.32 Å². The monoisotopic (exact) mass is 411 g/mol. The number of ketones is 1. The van der Waals surface area contributed by atoms with Crippen LogP contribution in [-0.4, -0.2) is 23.8 Å². The molecule has 3 rings (SSSR count). The van der Waals surface area contributed by atoms with E-state index in [1.54, 1.807) is 48.5 Å². The third-order valence-electron chi connectivity index (χ3n) is 4.13. The molecule has 1 heterocycles. The highest BCUT2D eigenvalue weighted by Gasteiger charge is 2.20. The average molecular weight is 411 g/mol. The van der Waals surface area contributed by atoms with E-state index in [1.807, 2.05) is 0 Å². The second kappa shape index (κ2) is 8.79. The molecule has 2 aromatic carbocycles. The summed E-state index contributed by atoms with van der Waals surface area (Å²) < 4.78 is 18.3. The van der Waals surface area contributed by atoms with Crippen LogP contribution in [0.3, 0.4) is 0 Å².